The summed E-state index contributed by atoms with van der Waals surface area (Å²) in [5, 5.41) is 0. The number of carbonyl (C=O) groups excluding carboxylic acids is 2. The highest BCUT2D eigenvalue weighted by Gasteiger charge is 2.07. The van der Waals surface area contributed by atoms with Gasteiger partial charge in [-0.05, 0) is 6.08 Å². The SMILES string of the molecule is O=C1C=CNNC(=O)C1. The topological polar surface area (TPSA) is 58.2 Å². The highest BCUT2D eigenvalue weighted by atomic mass is 16.2. The summed E-state index contributed by atoms with van der Waals surface area (Å²) in [6.07, 6.45) is 2.65. The van der Waals surface area contributed by atoms with E-state index < -0.39 is 0 Å². The maximum absolute atomic E-state index is 10.5. The molecule has 0 aliphatic carbocycles. The summed E-state index contributed by atoms with van der Waals surface area (Å²) in [5.74, 6) is -0.484. The van der Waals surface area contributed by atoms with Crippen molar-refractivity contribution in [2.45, 2.75) is 6.42 Å². The van der Waals surface area contributed by atoms with E-state index in [1.54, 1.807) is 0 Å². The van der Waals surface area contributed by atoms with Gasteiger partial charge in [-0.3, -0.25) is 15.0 Å². The molecule has 48 valence electrons. The molecule has 1 aliphatic rings. The van der Waals surface area contributed by atoms with E-state index in [0.29, 0.717) is 0 Å². The number of hydrogen-bond donors (Lipinski definition) is 2. The van der Waals surface area contributed by atoms with Crippen molar-refractivity contribution in [3.05, 3.63) is 12.3 Å². The van der Waals surface area contributed by atoms with Crippen LogP contribution in [0.5, 0.6) is 0 Å². The number of amides is 1. The number of ketones is 1. The standard InChI is InChI=1S/C5H6N2O2/c8-4-1-2-6-7-5(9)3-4/h1-2,6H,3H2,(H,7,9). The third-order valence-corrected chi connectivity index (χ3v) is 0.899. The van der Waals surface area contributed by atoms with Crippen LogP contribution in [-0.2, 0) is 9.59 Å². The number of rotatable bonds is 0. The Hall–Kier alpha value is -1.32. The molecule has 1 heterocycles. The molecule has 0 aromatic heterocycles. The zero-order chi connectivity index (χ0) is 6.69. The van der Waals surface area contributed by atoms with Crippen molar-refractivity contribution in [1.82, 2.24) is 10.9 Å². The molecule has 0 fully saturated rings. The van der Waals surface area contributed by atoms with E-state index in [0.717, 1.165) is 0 Å². The lowest BCUT2D eigenvalue weighted by atomic mass is 10.3. The number of hydrogen-bond acceptors (Lipinski definition) is 3. The maximum Gasteiger partial charge on any atom is 0.246 e. The molecule has 0 aromatic carbocycles. The second-order valence-electron chi connectivity index (χ2n) is 1.67. The fourth-order valence-electron chi connectivity index (χ4n) is 0.518. The quantitative estimate of drug-likeness (QED) is 0.413. The Morgan fingerprint density at radius 3 is 3.00 bits per heavy atom. The molecule has 0 saturated carbocycles. The molecular weight excluding hydrogens is 120 g/mol. The van der Waals surface area contributed by atoms with E-state index >= 15 is 0 Å². The third kappa shape index (κ3) is 1.56. The Balaban J connectivity index is 2.61. The summed E-state index contributed by atoms with van der Waals surface area (Å²) in [6, 6.07) is 0. The summed E-state index contributed by atoms with van der Waals surface area (Å²) in [7, 11) is 0. The van der Waals surface area contributed by atoms with E-state index in [1.807, 2.05) is 0 Å². The molecule has 1 aliphatic heterocycles. The van der Waals surface area contributed by atoms with Crippen molar-refractivity contribution in [3.63, 3.8) is 0 Å². The summed E-state index contributed by atoms with van der Waals surface area (Å²) < 4.78 is 0. The van der Waals surface area contributed by atoms with Gasteiger partial charge in [-0.15, -0.1) is 0 Å². The van der Waals surface area contributed by atoms with Crippen molar-refractivity contribution < 1.29 is 9.59 Å². The number of carbonyl (C=O) groups is 2. The summed E-state index contributed by atoms with van der Waals surface area (Å²) in [6.45, 7) is 0. The van der Waals surface area contributed by atoms with E-state index in [4.69, 9.17) is 0 Å². The van der Waals surface area contributed by atoms with Crippen LogP contribution in [0.4, 0.5) is 0 Å². The third-order valence-electron chi connectivity index (χ3n) is 0.899. The Bertz CT molecular complexity index is 174. The van der Waals surface area contributed by atoms with E-state index in [2.05, 4.69) is 10.9 Å². The maximum atomic E-state index is 10.5. The smallest absolute Gasteiger partial charge is 0.246 e. The van der Waals surface area contributed by atoms with Crippen LogP contribution in [0.25, 0.3) is 0 Å². The second-order valence-corrected chi connectivity index (χ2v) is 1.67. The Kier molecular flexibility index (Phi) is 1.48. The fourth-order valence-corrected chi connectivity index (χ4v) is 0.518. The van der Waals surface area contributed by atoms with Gasteiger partial charge in [-0.25, -0.2) is 0 Å². The van der Waals surface area contributed by atoms with Gasteiger partial charge < -0.3 is 5.43 Å². The molecule has 4 nitrogen and oxygen atoms in total. The molecule has 0 spiro atoms. The van der Waals surface area contributed by atoms with Crippen LogP contribution < -0.4 is 10.9 Å². The average Bonchev–Trinajstić information content (AvgIpc) is 1.93. The zero-order valence-electron chi connectivity index (χ0n) is 4.68. The van der Waals surface area contributed by atoms with Crippen LogP contribution in [0, 0.1) is 0 Å². The van der Waals surface area contributed by atoms with Crippen LogP contribution in [0.2, 0.25) is 0 Å². The fraction of sp³-hybridized carbons (Fsp3) is 0.200. The van der Waals surface area contributed by atoms with E-state index in [1.165, 1.54) is 12.3 Å². The first-order valence-electron chi connectivity index (χ1n) is 2.53. The van der Waals surface area contributed by atoms with Crippen LogP contribution in [0.3, 0.4) is 0 Å². The average molecular weight is 126 g/mol. The zero-order valence-corrected chi connectivity index (χ0v) is 4.68. The van der Waals surface area contributed by atoms with Crippen LogP contribution in [0.15, 0.2) is 12.3 Å². The summed E-state index contributed by atoms with van der Waals surface area (Å²) >= 11 is 0. The minimum atomic E-state index is -0.301. The predicted molar refractivity (Wildman–Crippen MR) is 30.0 cm³/mol. The molecule has 0 bridgehead atoms. The van der Waals surface area contributed by atoms with Gasteiger partial charge in [0.15, 0.2) is 5.78 Å². The van der Waals surface area contributed by atoms with Crippen molar-refractivity contribution in [3.8, 4) is 0 Å². The first-order chi connectivity index (χ1) is 4.29. The summed E-state index contributed by atoms with van der Waals surface area (Å²) in [5.41, 5.74) is 4.70. The highest BCUT2D eigenvalue weighted by Crippen LogP contribution is 1.86. The predicted octanol–water partition coefficient (Wildman–Crippen LogP) is -0.906. The highest BCUT2D eigenvalue weighted by molar-refractivity contribution is 6.04. The van der Waals surface area contributed by atoms with Crippen molar-refractivity contribution in [2.24, 2.45) is 0 Å². The minimum Gasteiger partial charge on any atom is -0.306 e. The molecular formula is C5H6N2O2. The largest absolute Gasteiger partial charge is 0.306 e. The second kappa shape index (κ2) is 2.30. The number of allylic oxidation sites excluding steroid dienone is 1. The number of nitrogens with one attached hydrogen (secondary N) is 2. The van der Waals surface area contributed by atoms with Gasteiger partial charge in [0.1, 0.15) is 0 Å². The van der Waals surface area contributed by atoms with Crippen LogP contribution in [-0.4, -0.2) is 11.7 Å². The Labute approximate surface area is 51.9 Å². The first-order valence-corrected chi connectivity index (χ1v) is 2.53. The molecule has 0 aromatic rings. The minimum absolute atomic E-state index is 0.0660. The lowest BCUT2D eigenvalue weighted by Crippen LogP contribution is -2.32. The first kappa shape index (κ1) is 5.81. The Morgan fingerprint density at radius 2 is 2.22 bits per heavy atom. The van der Waals surface area contributed by atoms with Crippen molar-refractivity contribution in [1.29, 1.82) is 0 Å². The molecule has 0 unspecified atom stereocenters. The molecule has 1 rings (SSSR count). The van der Waals surface area contributed by atoms with Crippen molar-refractivity contribution in [2.75, 3.05) is 0 Å². The van der Waals surface area contributed by atoms with Gasteiger partial charge >= 0.3 is 0 Å². The monoisotopic (exact) mass is 126 g/mol. The van der Waals surface area contributed by atoms with Gasteiger partial charge in [0.2, 0.25) is 5.91 Å². The van der Waals surface area contributed by atoms with E-state index in [9.17, 15) is 9.59 Å². The van der Waals surface area contributed by atoms with Gasteiger partial charge in [-0.2, -0.15) is 0 Å². The van der Waals surface area contributed by atoms with Gasteiger partial charge in [0.25, 0.3) is 0 Å². The molecule has 0 radical (unpaired) electrons. The van der Waals surface area contributed by atoms with Crippen LogP contribution >= 0.6 is 0 Å². The molecule has 0 atom stereocenters. The molecule has 2 N–H and O–H groups in total. The van der Waals surface area contributed by atoms with Gasteiger partial charge in [-0.1, -0.05) is 0 Å². The molecule has 9 heavy (non-hydrogen) atoms. The molecule has 1 amide bonds. The lowest BCUT2D eigenvalue weighted by Gasteiger charge is -1.95. The number of hydrazine groups is 1. The Morgan fingerprint density at radius 1 is 1.44 bits per heavy atom. The molecule has 0 saturated heterocycles. The normalized spacial score (nSPS) is 18.2. The van der Waals surface area contributed by atoms with Crippen molar-refractivity contribution >= 4 is 11.7 Å². The molecule has 4 heteroatoms. The van der Waals surface area contributed by atoms with Crippen LogP contribution in [0.1, 0.15) is 6.42 Å². The summed E-state index contributed by atoms with van der Waals surface area (Å²) in [4.78, 5) is 21.0. The van der Waals surface area contributed by atoms with E-state index in [-0.39, 0.29) is 18.1 Å². The lowest BCUT2D eigenvalue weighted by molar-refractivity contribution is -0.126. The van der Waals surface area contributed by atoms with Gasteiger partial charge in [0, 0.05) is 6.20 Å². The van der Waals surface area contributed by atoms with Gasteiger partial charge in [0.05, 0.1) is 6.42 Å².